The number of nitrogens with one attached hydrogen (secondary N) is 1. The summed E-state index contributed by atoms with van der Waals surface area (Å²) in [5.41, 5.74) is 3.76. The van der Waals surface area contributed by atoms with E-state index in [9.17, 15) is 9.59 Å². The number of nitrogens with zero attached hydrogens (tertiary/aromatic N) is 4. The zero-order valence-corrected chi connectivity index (χ0v) is 20.0. The third-order valence-corrected chi connectivity index (χ3v) is 7.17. The standard InChI is InChI=1S/C26H27N5O2S/c1-18-9-5-7-13-21(18)30-24(33)20-12-6-8-14-22(20)31-25(30)28-29-26(31)34-17-23(32)27-16-15-19-10-3-2-4-11-19/h5-10,12-14H,2-4,11,15-17H2,1H3,(H,27,32). The van der Waals surface area contributed by atoms with Gasteiger partial charge in [0.25, 0.3) is 5.56 Å². The molecular weight excluding hydrogens is 446 g/mol. The molecule has 0 atom stereocenters. The molecule has 34 heavy (non-hydrogen) atoms. The fourth-order valence-electron chi connectivity index (χ4n) is 4.48. The Balaban J connectivity index is 1.43. The van der Waals surface area contributed by atoms with Crippen LogP contribution in [-0.2, 0) is 4.79 Å². The van der Waals surface area contributed by atoms with E-state index < -0.39 is 0 Å². The SMILES string of the molecule is Cc1ccccc1-n1c(=O)c2ccccc2n2c(SCC(=O)NCCC3=CCCCC3)nnc12. The van der Waals surface area contributed by atoms with Gasteiger partial charge in [-0.15, -0.1) is 10.2 Å². The van der Waals surface area contributed by atoms with Gasteiger partial charge in [0, 0.05) is 6.54 Å². The lowest BCUT2D eigenvalue weighted by Gasteiger charge is -2.13. The highest BCUT2D eigenvalue weighted by Crippen LogP contribution is 2.24. The fourth-order valence-corrected chi connectivity index (χ4v) is 5.25. The van der Waals surface area contributed by atoms with Crippen molar-refractivity contribution in [3.63, 3.8) is 0 Å². The molecule has 174 valence electrons. The quantitative estimate of drug-likeness (QED) is 0.317. The highest BCUT2D eigenvalue weighted by Gasteiger charge is 2.19. The summed E-state index contributed by atoms with van der Waals surface area (Å²) in [5, 5.41) is 12.9. The normalized spacial score (nSPS) is 13.9. The van der Waals surface area contributed by atoms with E-state index in [0.29, 0.717) is 22.9 Å². The van der Waals surface area contributed by atoms with Gasteiger partial charge in [0.2, 0.25) is 11.7 Å². The molecule has 7 nitrogen and oxygen atoms in total. The number of allylic oxidation sites excluding steroid dienone is 1. The number of carbonyl (C=O) groups is 1. The molecular formula is C26H27N5O2S. The van der Waals surface area contributed by atoms with Gasteiger partial charge in [-0.05, 0) is 62.8 Å². The van der Waals surface area contributed by atoms with Crippen LogP contribution in [0.25, 0.3) is 22.4 Å². The van der Waals surface area contributed by atoms with Crippen molar-refractivity contribution in [1.29, 1.82) is 0 Å². The molecule has 2 aromatic carbocycles. The Hall–Kier alpha value is -3.39. The Labute approximate surface area is 201 Å². The predicted molar refractivity (Wildman–Crippen MR) is 136 cm³/mol. The maximum Gasteiger partial charge on any atom is 0.267 e. The molecule has 2 heterocycles. The van der Waals surface area contributed by atoms with Gasteiger partial charge in [0.15, 0.2) is 5.16 Å². The molecule has 5 rings (SSSR count). The van der Waals surface area contributed by atoms with Gasteiger partial charge in [-0.3, -0.25) is 14.0 Å². The lowest BCUT2D eigenvalue weighted by atomic mass is 9.97. The van der Waals surface area contributed by atoms with E-state index >= 15 is 0 Å². The molecule has 0 saturated heterocycles. The van der Waals surface area contributed by atoms with Gasteiger partial charge in [-0.2, -0.15) is 0 Å². The zero-order valence-electron chi connectivity index (χ0n) is 19.2. The number of aryl methyl sites for hydroxylation is 1. The number of aromatic nitrogens is 4. The molecule has 1 amide bonds. The summed E-state index contributed by atoms with van der Waals surface area (Å²) in [7, 11) is 0. The molecule has 0 saturated carbocycles. The first kappa shape index (κ1) is 22.4. The number of hydrogen-bond acceptors (Lipinski definition) is 5. The van der Waals surface area contributed by atoms with Crippen LogP contribution in [-0.4, -0.2) is 37.4 Å². The summed E-state index contributed by atoms with van der Waals surface area (Å²) < 4.78 is 3.47. The van der Waals surface area contributed by atoms with E-state index in [1.807, 2.05) is 59.9 Å². The van der Waals surface area contributed by atoms with Crippen LogP contribution in [0.1, 0.15) is 37.7 Å². The van der Waals surface area contributed by atoms with Crippen LogP contribution >= 0.6 is 11.8 Å². The first-order valence-electron chi connectivity index (χ1n) is 11.7. The second-order valence-corrected chi connectivity index (χ2v) is 9.50. The van der Waals surface area contributed by atoms with Gasteiger partial charge in [-0.25, -0.2) is 4.57 Å². The van der Waals surface area contributed by atoms with E-state index in [2.05, 4.69) is 21.6 Å². The molecule has 1 aliphatic carbocycles. The summed E-state index contributed by atoms with van der Waals surface area (Å²) in [5.74, 6) is 0.636. The molecule has 2 aromatic heterocycles. The Morgan fingerprint density at radius 1 is 1.09 bits per heavy atom. The van der Waals surface area contributed by atoms with Crippen LogP contribution < -0.4 is 10.9 Å². The van der Waals surface area contributed by atoms with E-state index in [-0.39, 0.29) is 17.2 Å². The summed E-state index contributed by atoms with van der Waals surface area (Å²) in [6.45, 7) is 2.62. The second-order valence-electron chi connectivity index (χ2n) is 8.56. The van der Waals surface area contributed by atoms with E-state index in [4.69, 9.17) is 0 Å². The first-order valence-corrected chi connectivity index (χ1v) is 12.6. The molecule has 0 bridgehead atoms. The Morgan fingerprint density at radius 2 is 1.91 bits per heavy atom. The topological polar surface area (TPSA) is 81.3 Å². The van der Waals surface area contributed by atoms with Crippen LogP contribution in [0.4, 0.5) is 0 Å². The Morgan fingerprint density at radius 3 is 2.74 bits per heavy atom. The molecule has 4 aromatic rings. The highest BCUT2D eigenvalue weighted by molar-refractivity contribution is 7.99. The van der Waals surface area contributed by atoms with Crippen LogP contribution in [0.3, 0.4) is 0 Å². The molecule has 8 heteroatoms. The van der Waals surface area contributed by atoms with Gasteiger partial charge in [-0.1, -0.05) is 53.7 Å². The van der Waals surface area contributed by atoms with Crippen molar-refractivity contribution in [1.82, 2.24) is 24.5 Å². The van der Waals surface area contributed by atoms with E-state index in [0.717, 1.165) is 36.0 Å². The molecule has 0 spiro atoms. The number of carbonyl (C=O) groups excluding carboxylic acids is 1. The number of rotatable bonds is 7. The Kier molecular flexibility index (Phi) is 6.49. The summed E-state index contributed by atoms with van der Waals surface area (Å²) in [4.78, 5) is 25.9. The number of para-hydroxylation sites is 2. The van der Waals surface area contributed by atoms with E-state index in [1.165, 1.54) is 30.2 Å². The minimum Gasteiger partial charge on any atom is -0.355 e. The number of amides is 1. The average molecular weight is 474 g/mol. The summed E-state index contributed by atoms with van der Waals surface area (Å²) >= 11 is 1.33. The predicted octanol–water partition coefficient (Wildman–Crippen LogP) is 4.44. The minimum atomic E-state index is -0.142. The summed E-state index contributed by atoms with van der Waals surface area (Å²) in [6, 6.07) is 15.2. The van der Waals surface area contributed by atoms with Crippen LogP contribution in [0.2, 0.25) is 0 Å². The number of hydrogen-bond donors (Lipinski definition) is 1. The lowest BCUT2D eigenvalue weighted by molar-refractivity contribution is -0.118. The molecule has 0 unspecified atom stereocenters. The van der Waals surface area contributed by atoms with Crippen molar-refractivity contribution in [3.8, 4) is 5.69 Å². The van der Waals surface area contributed by atoms with Crippen molar-refractivity contribution in [2.75, 3.05) is 12.3 Å². The highest BCUT2D eigenvalue weighted by atomic mass is 32.2. The molecule has 0 aliphatic heterocycles. The fraction of sp³-hybridized carbons (Fsp3) is 0.308. The van der Waals surface area contributed by atoms with E-state index in [1.54, 1.807) is 4.57 Å². The zero-order chi connectivity index (χ0) is 23.5. The number of fused-ring (bicyclic) bond motifs is 3. The maximum atomic E-state index is 13.4. The molecule has 0 fully saturated rings. The van der Waals surface area contributed by atoms with Gasteiger partial charge in [0.1, 0.15) is 0 Å². The largest absolute Gasteiger partial charge is 0.355 e. The van der Waals surface area contributed by atoms with Crippen molar-refractivity contribution in [2.45, 2.75) is 44.2 Å². The first-order chi connectivity index (χ1) is 16.6. The van der Waals surface area contributed by atoms with Gasteiger partial charge < -0.3 is 5.32 Å². The average Bonchev–Trinajstić information content (AvgIpc) is 3.28. The third-order valence-electron chi connectivity index (χ3n) is 6.24. The molecule has 0 radical (unpaired) electrons. The van der Waals surface area contributed by atoms with Crippen molar-refractivity contribution in [3.05, 3.63) is 76.1 Å². The number of thioether (sulfide) groups is 1. The van der Waals surface area contributed by atoms with Crippen LogP contribution in [0.15, 0.2) is 70.1 Å². The number of benzene rings is 2. The van der Waals surface area contributed by atoms with Crippen molar-refractivity contribution < 1.29 is 4.79 Å². The second kappa shape index (κ2) is 9.85. The van der Waals surface area contributed by atoms with Crippen molar-refractivity contribution >= 4 is 34.3 Å². The molecule has 1 aliphatic rings. The molecule has 1 N–H and O–H groups in total. The van der Waals surface area contributed by atoms with Gasteiger partial charge >= 0.3 is 0 Å². The monoisotopic (exact) mass is 473 g/mol. The lowest BCUT2D eigenvalue weighted by Crippen LogP contribution is -2.26. The van der Waals surface area contributed by atoms with Crippen LogP contribution in [0, 0.1) is 6.92 Å². The minimum absolute atomic E-state index is 0.0327. The van der Waals surface area contributed by atoms with Gasteiger partial charge in [0.05, 0.1) is 22.3 Å². The Bertz CT molecular complexity index is 1450. The summed E-state index contributed by atoms with van der Waals surface area (Å²) in [6.07, 6.45) is 8.04. The van der Waals surface area contributed by atoms with Crippen LogP contribution in [0.5, 0.6) is 0 Å². The third kappa shape index (κ3) is 4.37. The maximum absolute atomic E-state index is 13.4. The smallest absolute Gasteiger partial charge is 0.267 e. The van der Waals surface area contributed by atoms with Crippen molar-refractivity contribution in [2.24, 2.45) is 0 Å².